The van der Waals surface area contributed by atoms with E-state index in [0.717, 1.165) is 5.56 Å². The highest BCUT2D eigenvalue weighted by Gasteiger charge is 2.14. The highest BCUT2D eigenvalue weighted by atomic mass is 35.5. The van der Waals surface area contributed by atoms with Gasteiger partial charge in [-0.15, -0.1) is 0 Å². The van der Waals surface area contributed by atoms with Gasteiger partial charge >= 0.3 is 0 Å². The van der Waals surface area contributed by atoms with Crippen molar-refractivity contribution < 1.29 is 8.42 Å². The lowest BCUT2D eigenvalue weighted by atomic mass is 10.2. The van der Waals surface area contributed by atoms with Crippen molar-refractivity contribution in [2.24, 2.45) is 0 Å². The zero-order valence-electron chi connectivity index (χ0n) is 9.46. The van der Waals surface area contributed by atoms with Crippen LogP contribution in [0.4, 0.5) is 5.82 Å². The first-order chi connectivity index (χ1) is 8.47. The fourth-order valence-electron chi connectivity index (χ4n) is 1.37. The average Bonchev–Trinajstić information content (AvgIpc) is 2.28. The number of benzene rings is 1. The minimum absolute atomic E-state index is 0.0144. The van der Waals surface area contributed by atoms with Crippen LogP contribution in [0, 0.1) is 6.92 Å². The second-order valence-electron chi connectivity index (χ2n) is 3.63. The van der Waals surface area contributed by atoms with Gasteiger partial charge in [0.15, 0.2) is 0 Å². The van der Waals surface area contributed by atoms with Crippen molar-refractivity contribution in [1.82, 2.24) is 9.97 Å². The Bertz CT molecular complexity index is 673. The van der Waals surface area contributed by atoms with Crippen molar-refractivity contribution >= 4 is 27.4 Å². The molecule has 0 aliphatic heterocycles. The summed E-state index contributed by atoms with van der Waals surface area (Å²) in [5.74, 6) is 0.136. The summed E-state index contributed by atoms with van der Waals surface area (Å²) >= 11 is 5.59. The van der Waals surface area contributed by atoms with Crippen LogP contribution in [0.1, 0.15) is 5.56 Å². The molecule has 1 heterocycles. The highest BCUT2D eigenvalue weighted by Crippen LogP contribution is 2.15. The van der Waals surface area contributed by atoms with Crippen molar-refractivity contribution in [1.29, 1.82) is 0 Å². The molecular formula is C11H10ClN3O2S. The molecule has 1 aromatic carbocycles. The van der Waals surface area contributed by atoms with Crippen LogP contribution >= 0.6 is 11.6 Å². The zero-order chi connectivity index (χ0) is 13.2. The Kier molecular flexibility index (Phi) is 3.49. The van der Waals surface area contributed by atoms with E-state index in [1.165, 1.54) is 18.3 Å². The van der Waals surface area contributed by atoms with E-state index in [1.54, 1.807) is 12.1 Å². The summed E-state index contributed by atoms with van der Waals surface area (Å²) in [5, 5.41) is -0.0144. The van der Waals surface area contributed by atoms with Gasteiger partial charge < -0.3 is 0 Å². The summed E-state index contributed by atoms with van der Waals surface area (Å²) in [7, 11) is -3.65. The number of hydrogen-bond acceptors (Lipinski definition) is 4. The summed E-state index contributed by atoms with van der Waals surface area (Å²) in [6, 6.07) is 8.01. The standard InChI is InChI=1S/C11H10ClN3O2S/c1-8-3-2-4-9(7-8)18(16,17)15-10-5-6-13-11(12)14-10/h2-7H,1H3,(H,13,14,15). The Hall–Kier alpha value is -1.66. The van der Waals surface area contributed by atoms with Gasteiger partial charge in [-0.25, -0.2) is 13.4 Å². The number of halogens is 1. The molecule has 2 aromatic rings. The molecule has 5 nitrogen and oxygen atoms in total. The molecule has 0 aliphatic rings. The maximum Gasteiger partial charge on any atom is 0.263 e. The molecule has 0 bridgehead atoms. The third-order valence-electron chi connectivity index (χ3n) is 2.16. The SMILES string of the molecule is Cc1cccc(S(=O)(=O)Nc2ccnc(Cl)n2)c1. The monoisotopic (exact) mass is 283 g/mol. The van der Waals surface area contributed by atoms with E-state index in [-0.39, 0.29) is 16.0 Å². The summed E-state index contributed by atoms with van der Waals surface area (Å²) in [5.41, 5.74) is 0.860. The van der Waals surface area contributed by atoms with Crippen LogP contribution in [0.3, 0.4) is 0 Å². The lowest BCUT2D eigenvalue weighted by Gasteiger charge is -2.07. The first-order valence-corrected chi connectivity index (χ1v) is 6.91. The van der Waals surface area contributed by atoms with Crippen molar-refractivity contribution in [3.63, 3.8) is 0 Å². The van der Waals surface area contributed by atoms with E-state index >= 15 is 0 Å². The molecule has 0 spiro atoms. The lowest BCUT2D eigenvalue weighted by molar-refractivity contribution is 0.601. The number of aryl methyl sites for hydroxylation is 1. The fraction of sp³-hybridized carbons (Fsp3) is 0.0909. The Labute approximate surface area is 110 Å². The zero-order valence-corrected chi connectivity index (χ0v) is 11.0. The number of hydrogen-bond donors (Lipinski definition) is 1. The van der Waals surface area contributed by atoms with E-state index in [4.69, 9.17) is 11.6 Å². The van der Waals surface area contributed by atoms with Crippen molar-refractivity contribution in [3.8, 4) is 0 Å². The maximum atomic E-state index is 12.1. The molecule has 94 valence electrons. The van der Waals surface area contributed by atoms with Gasteiger partial charge in [-0.05, 0) is 42.3 Å². The Morgan fingerprint density at radius 1 is 1.28 bits per heavy atom. The fourth-order valence-corrected chi connectivity index (χ4v) is 2.62. The van der Waals surface area contributed by atoms with Gasteiger partial charge in [-0.3, -0.25) is 4.72 Å². The van der Waals surface area contributed by atoms with E-state index in [2.05, 4.69) is 14.7 Å². The Balaban J connectivity index is 2.33. The summed E-state index contributed by atoms with van der Waals surface area (Å²) in [6.45, 7) is 1.82. The molecule has 7 heteroatoms. The molecule has 0 fully saturated rings. The predicted octanol–water partition coefficient (Wildman–Crippen LogP) is 2.24. The molecule has 0 aliphatic carbocycles. The van der Waals surface area contributed by atoms with Gasteiger partial charge in [0.25, 0.3) is 10.0 Å². The molecule has 1 aromatic heterocycles. The van der Waals surface area contributed by atoms with Gasteiger partial charge in [-0.1, -0.05) is 12.1 Å². The van der Waals surface area contributed by atoms with Gasteiger partial charge in [0, 0.05) is 6.20 Å². The molecule has 0 radical (unpaired) electrons. The summed E-state index contributed by atoms with van der Waals surface area (Å²) < 4.78 is 26.4. The smallest absolute Gasteiger partial charge is 0.263 e. The van der Waals surface area contributed by atoms with Crippen LogP contribution in [-0.4, -0.2) is 18.4 Å². The average molecular weight is 284 g/mol. The van der Waals surface area contributed by atoms with Crippen LogP contribution in [0.5, 0.6) is 0 Å². The second kappa shape index (κ2) is 4.91. The van der Waals surface area contributed by atoms with Crippen molar-refractivity contribution in [3.05, 3.63) is 47.4 Å². The van der Waals surface area contributed by atoms with Crippen LogP contribution in [0.2, 0.25) is 5.28 Å². The predicted molar refractivity (Wildman–Crippen MR) is 69.0 cm³/mol. The second-order valence-corrected chi connectivity index (χ2v) is 5.65. The number of rotatable bonds is 3. The highest BCUT2D eigenvalue weighted by molar-refractivity contribution is 7.92. The van der Waals surface area contributed by atoms with Crippen LogP contribution in [-0.2, 0) is 10.0 Å². The molecule has 0 atom stereocenters. The minimum atomic E-state index is -3.65. The van der Waals surface area contributed by atoms with E-state index in [0.29, 0.717) is 0 Å². The van der Waals surface area contributed by atoms with Crippen LogP contribution in [0.15, 0.2) is 41.4 Å². The molecule has 2 rings (SSSR count). The number of aromatic nitrogens is 2. The third-order valence-corrected chi connectivity index (χ3v) is 3.70. The molecular weight excluding hydrogens is 274 g/mol. The number of nitrogens with zero attached hydrogens (tertiary/aromatic N) is 2. The maximum absolute atomic E-state index is 12.1. The molecule has 0 saturated carbocycles. The van der Waals surface area contributed by atoms with Crippen LogP contribution < -0.4 is 4.72 Å². The largest absolute Gasteiger partial charge is 0.263 e. The number of anilines is 1. The van der Waals surface area contributed by atoms with Gasteiger partial charge in [0.2, 0.25) is 5.28 Å². The molecule has 0 unspecified atom stereocenters. The van der Waals surface area contributed by atoms with E-state index in [9.17, 15) is 8.42 Å². The van der Waals surface area contributed by atoms with Gasteiger partial charge in [-0.2, -0.15) is 4.98 Å². The molecule has 0 saturated heterocycles. The first-order valence-electron chi connectivity index (χ1n) is 5.05. The minimum Gasteiger partial charge on any atom is -0.263 e. The van der Waals surface area contributed by atoms with Crippen molar-refractivity contribution in [2.45, 2.75) is 11.8 Å². The molecule has 18 heavy (non-hydrogen) atoms. The third kappa shape index (κ3) is 2.96. The lowest BCUT2D eigenvalue weighted by Crippen LogP contribution is -2.14. The number of sulfonamides is 1. The van der Waals surface area contributed by atoms with Crippen LogP contribution in [0.25, 0.3) is 0 Å². The van der Waals surface area contributed by atoms with Gasteiger partial charge in [0.1, 0.15) is 5.82 Å². The Morgan fingerprint density at radius 2 is 2.06 bits per heavy atom. The van der Waals surface area contributed by atoms with E-state index in [1.807, 2.05) is 13.0 Å². The van der Waals surface area contributed by atoms with Gasteiger partial charge in [0.05, 0.1) is 4.90 Å². The summed E-state index contributed by atoms with van der Waals surface area (Å²) in [6.07, 6.45) is 1.38. The summed E-state index contributed by atoms with van der Waals surface area (Å²) in [4.78, 5) is 7.62. The quantitative estimate of drug-likeness (QED) is 0.877. The van der Waals surface area contributed by atoms with E-state index < -0.39 is 10.0 Å². The molecule has 0 amide bonds. The topological polar surface area (TPSA) is 72.0 Å². The first kappa shape index (κ1) is 12.8. The number of nitrogens with one attached hydrogen (secondary N) is 1. The molecule has 1 N–H and O–H groups in total. The Morgan fingerprint density at radius 3 is 2.72 bits per heavy atom. The van der Waals surface area contributed by atoms with Crippen molar-refractivity contribution in [2.75, 3.05) is 4.72 Å². The normalized spacial score (nSPS) is 11.2.